The van der Waals surface area contributed by atoms with Gasteiger partial charge in [-0.15, -0.1) is 0 Å². The van der Waals surface area contributed by atoms with Crippen LogP contribution < -0.4 is 16.4 Å². The van der Waals surface area contributed by atoms with E-state index in [0.29, 0.717) is 29.9 Å². The van der Waals surface area contributed by atoms with Crippen molar-refractivity contribution in [1.29, 1.82) is 0 Å². The van der Waals surface area contributed by atoms with E-state index in [4.69, 9.17) is 5.73 Å². The number of carbonyl (C=O) groups is 2. The van der Waals surface area contributed by atoms with Gasteiger partial charge in [0, 0.05) is 12.1 Å². The van der Waals surface area contributed by atoms with Crippen molar-refractivity contribution in [3.63, 3.8) is 0 Å². The van der Waals surface area contributed by atoms with E-state index in [0.717, 1.165) is 6.42 Å². The first-order valence-corrected chi connectivity index (χ1v) is 7.82. The Morgan fingerprint density at radius 2 is 1.71 bits per heavy atom. The van der Waals surface area contributed by atoms with Crippen molar-refractivity contribution < 1.29 is 9.59 Å². The van der Waals surface area contributed by atoms with Crippen LogP contribution in [-0.2, 0) is 4.79 Å². The fraction of sp³-hybridized carbons (Fsp3) is 0.158. The van der Waals surface area contributed by atoms with Crippen LogP contribution in [0.1, 0.15) is 23.2 Å². The van der Waals surface area contributed by atoms with Crippen molar-refractivity contribution in [3.05, 3.63) is 72.3 Å². The molecule has 0 aliphatic heterocycles. The monoisotopic (exact) mass is 323 g/mol. The summed E-state index contributed by atoms with van der Waals surface area (Å²) in [7, 11) is 0. The van der Waals surface area contributed by atoms with Gasteiger partial charge in [-0.25, -0.2) is 0 Å². The zero-order chi connectivity index (χ0) is 17.2. The maximum absolute atomic E-state index is 11.8. The van der Waals surface area contributed by atoms with Crippen molar-refractivity contribution in [2.24, 2.45) is 0 Å². The normalized spacial score (nSPS) is 10.5. The largest absolute Gasteiger partial charge is 0.397 e. The van der Waals surface area contributed by atoms with E-state index in [1.54, 1.807) is 30.3 Å². The first-order chi connectivity index (χ1) is 11.7. The van der Waals surface area contributed by atoms with E-state index in [1.165, 1.54) is 6.08 Å². The highest BCUT2D eigenvalue weighted by Crippen LogP contribution is 2.16. The van der Waals surface area contributed by atoms with Gasteiger partial charge in [-0.05, 0) is 43.2 Å². The molecule has 0 radical (unpaired) electrons. The molecule has 0 fully saturated rings. The fourth-order valence-electron chi connectivity index (χ4n) is 2.09. The minimum atomic E-state index is -0.221. The van der Waals surface area contributed by atoms with Gasteiger partial charge < -0.3 is 16.4 Å². The van der Waals surface area contributed by atoms with Crippen molar-refractivity contribution in [3.8, 4) is 0 Å². The Bertz CT molecular complexity index is 712. The number of amides is 2. The van der Waals surface area contributed by atoms with Gasteiger partial charge in [-0.2, -0.15) is 0 Å². The van der Waals surface area contributed by atoms with Crippen LogP contribution in [0.25, 0.3) is 0 Å². The molecule has 0 unspecified atom stereocenters. The lowest BCUT2D eigenvalue weighted by Crippen LogP contribution is -2.24. The van der Waals surface area contributed by atoms with Crippen LogP contribution in [0, 0.1) is 0 Å². The number of nitrogens with two attached hydrogens (primary N) is 1. The number of hydrogen-bond acceptors (Lipinski definition) is 3. The van der Waals surface area contributed by atoms with Gasteiger partial charge in [0.1, 0.15) is 0 Å². The first kappa shape index (κ1) is 17.3. The molecule has 0 aliphatic carbocycles. The lowest BCUT2D eigenvalue weighted by Gasteiger charge is -2.05. The van der Waals surface area contributed by atoms with Gasteiger partial charge in [-0.3, -0.25) is 9.59 Å². The highest BCUT2D eigenvalue weighted by molar-refractivity contribution is 6.01. The summed E-state index contributed by atoms with van der Waals surface area (Å²) in [5.74, 6) is -0.307. The van der Waals surface area contributed by atoms with Gasteiger partial charge in [0.2, 0.25) is 5.91 Å². The number of nitrogens with one attached hydrogen (secondary N) is 2. The molecule has 2 amide bonds. The molecule has 0 saturated heterocycles. The zero-order valence-electron chi connectivity index (χ0n) is 13.4. The number of rotatable bonds is 7. The third kappa shape index (κ3) is 5.61. The molecule has 5 nitrogen and oxygen atoms in total. The molecular weight excluding hydrogens is 302 g/mol. The molecule has 0 saturated carbocycles. The Balaban J connectivity index is 1.65. The zero-order valence-corrected chi connectivity index (χ0v) is 13.4. The lowest BCUT2D eigenvalue weighted by atomic mass is 10.2. The summed E-state index contributed by atoms with van der Waals surface area (Å²) in [6, 6.07) is 16.2. The number of benzene rings is 2. The number of unbranched alkanes of at least 4 members (excludes halogenated alkanes) is 1. The van der Waals surface area contributed by atoms with E-state index >= 15 is 0 Å². The molecule has 124 valence electrons. The van der Waals surface area contributed by atoms with Crippen LogP contribution in [-0.4, -0.2) is 18.4 Å². The number of carbonyl (C=O) groups excluding carboxylic acids is 2. The quantitative estimate of drug-likeness (QED) is 0.416. The molecule has 5 heteroatoms. The molecule has 2 aromatic rings. The second kappa shape index (κ2) is 9.15. The van der Waals surface area contributed by atoms with Crippen molar-refractivity contribution in [2.45, 2.75) is 12.8 Å². The van der Waals surface area contributed by atoms with Crippen molar-refractivity contribution in [2.75, 3.05) is 17.6 Å². The molecular formula is C19H21N3O2. The summed E-state index contributed by atoms with van der Waals surface area (Å²) in [5.41, 5.74) is 7.54. The topological polar surface area (TPSA) is 84.2 Å². The number of hydrogen-bond donors (Lipinski definition) is 3. The van der Waals surface area contributed by atoms with Gasteiger partial charge in [0.25, 0.3) is 5.91 Å². The fourth-order valence-corrected chi connectivity index (χ4v) is 2.09. The first-order valence-electron chi connectivity index (χ1n) is 7.82. The Morgan fingerprint density at radius 3 is 2.46 bits per heavy atom. The predicted molar refractivity (Wildman–Crippen MR) is 96.6 cm³/mol. The van der Waals surface area contributed by atoms with Crippen LogP contribution in [0.3, 0.4) is 0 Å². The summed E-state index contributed by atoms with van der Waals surface area (Å²) < 4.78 is 0. The predicted octanol–water partition coefficient (Wildman–Crippen LogP) is 2.97. The number of nitrogen functional groups attached to an aromatic ring is 1. The Kier molecular flexibility index (Phi) is 6.58. The Hall–Kier alpha value is -3.08. The number of allylic oxidation sites excluding steroid dienone is 1. The van der Waals surface area contributed by atoms with Gasteiger partial charge in [0.05, 0.1) is 11.4 Å². The van der Waals surface area contributed by atoms with Crippen LogP contribution in [0.5, 0.6) is 0 Å². The van der Waals surface area contributed by atoms with E-state index < -0.39 is 0 Å². The molecule has 0 atom stereocenters. The Morgan fingerprint density at radius 1 is 1.00 bits per heavy atom. The van der Waals surface area contributed by atoms with Crippen molar-refractivity contribution in [1.82, 2.24) is 5.32 Å². The summed E-state index contributed by atoms with van der Waals surface area (Å²) in [6.07, 6.45) is 4.72. The maximum Gasteiger partial charge on any atom is 0.251 e. The molecule has 0 bridgehead atoms. The van der Waals surface area contributed by atoms with Crippen LogP contribution in [0.4, 0.5) is 11.4 Å². The molecule has 4 N–H and O–H groups in total. The van der Waals surface area contributed by atoms with Gasteiger partial charge in [0.15, 0.2) is 0 Å². The average Bonchev–Trinajstić information content (AvgIpc) is 2.60. The highest BCUT2D eigenvalue weighted by Gasteiger charge is 2.02. The summed E-state index contributed by atoms with van der Waals surface area (Å²) in [5, 5.41) is 5.56. The molecule has 0 heterocycles. The molecule has 2 aromatic carbocycles. The summed E-state index contributed by atoms with van der Waals surface area (Å²) in [6.45, 7) is 0.561. The van der Waals surface area contributed by atoms with Gasteiger partial charge >= 0.3 is 0 Å². The molecule has 0 aromatic heterocycles. The third-order valence-electron chi connectivity index (χ3n) is 3.36. The van der Waals surface area contributed by atoms with Gasteiger partial charge in [-0.1, -0.05) is 36.4 Å². The SMILES string of the molecule is Nc1ccccc1NC(=O)C=CCCCNC(=O)c1ccccc1. The van der Waals surface area contributed by atoms with E-state index in [-0.39, 0.29) is 11.8 Å². The minimum absolute atomic E-state index is 0.0862. The van der Waals surface area contributed by atoms with Crippen molar-refractivity contribution >= 4 is 23.2 Å². The second-order valence-corrected chi connectivity index (χ2v) is 5.24. The van der Waals surface area contributed by atoms with E-state index in [1.807, 2.05) is 30.3 Å². The van der Waals surface area contributed by atoms with Crippen LogP contribution >= 0.6 is 0 Å². The minimum Gasteiger partial charge on any atom is -0.397 e. The highest BCUT2D eigenvalue weighted by atomic mass is 16.2. The van der Waals surface area contributed by atoms with E-state index in [2.05, 4.69) is 10.6 Å². The number of anilines is 2. The molecule has 0 spiro atoms. The molecule has 24 heavy (non-hydrogen) atoms. The Labute approximate surface area is 141 Å². The lowest BCUT2D eigenvalue weighted by molar-refractivity contribution is -0.111. The second-order valence-electron chi connectivity index (χ2n) is 5.24. The van der Waals surface area contributed by atoms with Crippen LogP contribution in [0.15, 0.2) is 66.7 Å². The smallest absolute Gasteiger partial charge is 0.251 e. The molecule has 0 aliphatic rings. The number of para-hydroxylation sites is 2. The van der Waals surface area contributed by atoms with E-state index in [9.17, 15) is 9.59 Å². The molecule has 2 rings (SSSR count). The summed E-state index contributed by atoms with van der Waals surface area (Å²) >= 11 is 0. The maximum atomic E-state index is 11.8. The third-order valence-corrected chi connectivity index (χ3v) is 3.36. The average molecular weight is 323 g/mol. The standard InChI is InChI=1S/C19H21N3O2/c20-16-11-6-7-12-17(16)22-18(23)13-5-2-8-14-21-19(24)15-9-3-1-4-10-15/h1,3-7,9-13H,2,8,14,20H2,(H,21,24)(H,22,23). The summed E-state index contributed by atoms with van der Waals surface area (Å²) in [4.78, 5) is 23.6. The van der Waals surface area contributed by atoms with Crippen LogP contribution in [0.2, 0.25) is 0 Å².